The molecule has 0 radical (unpaired) electrons. The maximum Gasteiger partial charge on any atom is 0.253 e. The number of nitrogens with one attached hydrogen (secondary N) is 1. The number of methoxy groups -OCH3 is 1. The van der Waals surface area contributed by atoms with Gasteiger partial charge in [0.25, 0.3) is 5.91 Å². The van der Waals surface area contributed by atoms with E-state index in [-0.39, 0.29) is 5.91 Å². The average Bonchev–Trinajstić information content (AvgIpc) is 2.96. The molecule has 21 heavy (non-hydrogen) atoms. The Morgan fingerprint density at radius 3 is 3.05 bits per heavy atom. The molecule has 1 heterocycles. The monoisotopic (exact) mass is 292 g/mol. The molecule has 1 N–H and O–H groups in total. The van der Waals surface area contributed by atoms with Crippen LogP contribution in [0.4, 0.5) is 0 Å². The molecule has 2 rings (SSSR count). The molecular weight excluding hydrogens is 268 g/mol. The number of nitrogens with zero attached hydrogens (tertiary/aromatic N) is 1. The highest BCUT2D eigenvalue weighted by Gasteiger charge is 2.26. The first kappa shape index (κ1) is 15.8. The number of rotatable bonds is 7. The van der Waals surface area contributed by atoms with E-state index in [1.165, 1.54) is 0 Å². The first-order valence-corrected chi connectivity index (χ1v) is 7.40. The molecule has 1 aromatic rings. The second-order valence-electron chi connectivity index (χ2n) is 5.33. The second-order valence-corrected chi connectivity index (χ2v) is 5.33. The van der Waals surface area contributed by atoms with Crippen molar-refractivity contribution in [3.63, 3.8) is 0 Å². The molecule has 116 valence electrons. The number of amides is 1. The van der Waals surface area contributed by atoms with Gasteiger partial charge in [-0.05, 0) is 44.1 Å². The van der Waals surface area contributed by atoms with Crippen molar-refractivity contribution in [3.8, 4) is 5.75 Å². The van der Waals surface area contributed by atoms with Gasteiger partial charge in [0, 0.05) is 25.8 Å². The third-order valence-electron chi connectivity index (χ3n) is 3.70. The van der Waals surface area contributed by atoms with E-state index in [1.807, 2.05) is 36.2 Å². The van der Waals surface area contributed by atoms with Gasteiger partial charge >= 0.3 is 0 Å². The smallest absolute Gasteiger partial charge is 0.253 e. The Bertz CT molecular complexity index is 465. The minimum absolute atomic E-state index is 0.0887. The van der Waals surface area contributed by atoms with Crippen molar-refractivity contribution in [2.45, 2.75) is 6.42 Å². The molecule has 0 aliphatic carbocycles. The number of ether oxygens (including phenoxy) is 2. The van der Waals surface area contributed by atoms with Gasteiger partial charge < -0.3 is 19.7 Å². The summed E-state index contributed by atoms with van der Waals surface area (Å²) in [5.74, 6) is 1.36. The van der Waals surface area contributed by atoms with Crippen LogP contribution in [0.25, 0.3) is 0 Å². The van der Waals surface area contributed by atoms with E-state index in [2.05, 4.69) is 5.32 Å². The van der Waals surface area contributed by atoms with Crippen LogP contribution in [0.2, 0.25) is 0 Å². The lowest BCUT2D eigenvalue weighted by Crippen LogP contribution is -2.30. The summed E-state index contributed by atoms with van der Waals surface area (Å²) in [5.41, 5.74) is 0.690. The molecule has 1 unspecified atom stereocenters. The molecule has 0 aromatic heterocycles. The summed E-state index contributed by atoms with van der Waals surface area (Å²) in [7, 11) is 3.59. The van der Waals surface area contributed by atoms with Crippen molar-refractivity contribution in [1.29, 1.82) is 0 Å². The molecule has 5 heteroatoms. The summed E-state index contributed by atoms with van der Waals surface area (Å²) >= 11 is 0. The van der Waals surface area contributed by atoms with Crippen LogP contribution < -0.4 is 10.1 Å². The average molecular weight is 292 g/mol. The molecule has 1 saturated heterocycles. The zero-order valence-electron chi connectivity index (χ0n) is 12.8. The number of hydrogen-bond acceptors (Lipinski definition) is 4. The summed E-state index contributed by atoms with van der Waals surface area (Å²) in [5, 5.41) is 3.18. The molecule has 5 nitrogen and oxygen atoms in total. The maximum atomic E-state index is 12.5. The predicted octanol–water partition coefficient (Wildman–Crippen LogP) is 1.39. The fourth-order valence-corrected chi connectivity index (χ4v) is 2.62. The SMILES string of the molecule is CNCC1CCN(C(=O)c2cccc(OCCOC)c2)C1. The van der Waals surface area contributed by atoms with E-state index in [1.54, 1.807) is 7.11 Å². The lowest BCUT2D eigenvalue weighted by atomic mass is 10.1. The highest BCUT2D eigenvalue weighted by molar-refractivity contribution is 5.94. The number of carbonyl (C=O) groups excluding carboxylic acids is 1. The fraction of sp³-hybridized carbons (Fsp3) is 0.562. The van der Waals surface area contributed by atoms with Crippen molar-refractivity contribution in [2.75, 3.05) is 47.0 Å². The third-order valence-corrected chi connectivity index (χ3v) is 3.70. The standard InChI is InChI=1S/C16H24N2O3/c1-17-11-13-6-7-18(12-13)16(19)14-4-3-5-15(10-14)21-9-8-20-2/h3-5,10,13,17H,6-9,11-12H2,1-2H3. The Kier molecular flexibility index (Phi) is 6.02. The Balaban J connectivity index is 1.94. The van der Waals surface area contributed by atoms with Crippen LogP contribution in [-0.2, 0) is 4.74 Å². The molecule has 1 fully saturated rings. The van der Waals surface area contributed by atoms with Crippen molar-refractivity contribution >= 4 is 5.91 Å². The molecular formula is C16H24N2O3. The summed E-state index contributed by atoms with van der Waals surface area (Å²) in [6.07, 6.45) is 1.07. The maximum absolute atomic E-state index is 12.5. The van der Waals surface area contributed by atoms with Gasteiger partial charge in [-0.1, -0.05) is 6.07 Å². The molecule has 0 spiro atoms. The number of benzene rings is 1. The van der Waals surface area contributed by atoms with Crippen LogP contribution in [0, 0.1) is 5.92 Å². The molecule has 1 atom stereocenters. The summed E-state index contributed by atoms with van der Waals surface area (Å²) in [4.78, 5) is 14.4. The van der Waals surface area contributed by atoms with E-state index < -0.39 is 0 Å². The highest BCUT2D eigenvalue weighted by atomic mass is 16.5. The molecule has 1 aliphatic heterocycles. The van der Waals surface area contributed by atoms with E-state index in [9.17, 15) is 4.79 Å². The van der Waals surface area contributed by atoms with Crippen LogP contribution in [0.5, 0.6) is 5.75 Å². The van der Waals surface area contributed by atoms with E-state index in [0.717, 1.165) is 26.1 Å². The van der Waals surface area contributed by atoms with E-state index in [0.29, 0.717) is 30.4 Å². The van der Waals surface area contributed by atoms with Crippen molar-refractivity contribution in [2.24, 2.45) is 5.92 Å². The Hall–Kier alpha value is -1.59. The first-order valence-electron chi connectivity index (χ1n) is 7.40. The normalized spacial score (nSPS) is 18.0. The Morgan fingerprint density at radius 1 is 1.43 bits per heavy atom. The van der Waals surface area contributed by atoms with Gasteiger partial charge in [0.05, 0.1) is 6.61 Å². The van der Waals surface area contributed by atoms with Gasteiger partial charge in [0.2, 0.25) is 0 Å². The van der Waals surface area contributed by atoms with Crippen molar-refractivity contribution in [3.05, 3.63) is 29.8 Å². The van der Waals surface area contributed by atoms with E-state index in [4.69, 9.17) is 9.47 Å². The van der Waals surface area contributed by atoms with Crippen molar-refractivity contribution in [1.82, 2.24) is 10.2 Å². The summed E-state index contributed by atoms with van der Waals surface area (Å²) in [6.45, 7) is 3.65. The van der Waals surface area contributed by atoms with Crippen LogP contribution in [0.1, 0.15) is 16.8 Å². The van der Waals surface area contributed by atoms with Crippen LogP contribution in [-0.4, -0.2) is 57.8 Å². The minimum atomic E-state index is 0.0887. The molecule has 1 amide bonds. The number of likely N-dealkylation sites (tertiary alicyclic amines) is 1. The van der Waals surface area contributed by atoms with Crippen LogP contribution >= 0.6 is 0 Å². The Labute approximate surface area is 126 Å². The van der Waals surface area contributed by atoms with Crippen LogP contribution in [0.3, 0.4) is 0 Å². The predicted molar refractivity (Wildman–Crippen MR) is 81.8 cm³/mol. The van der Waals surface area contributed by atoms with Gasteiger partial charge in [0.15, 0.2) is 0 Å². The minimum Gasteiger partial charge on any atom is -0.491 e. The summed E-state index contributed by atoms with van der Waals surface area (Å²) < 4.78 is 10.5. The fourth-order valence-electron chi connectivity index (χ4n) is 2.62. The molecule has 0 bridgehead atoms. The lowest BCUT2D eigenvalue weighted by Gasteiger charge is -2.17. The largest absolute Gasteiger partial charge is 0.491 e. The lowest BCUT2D eigenvalue weighted by molar-refractivity contribution is 0.0786. The molecule has 1 aliphatic rings. The third kappa shape index (κ3) is 4.44. The quantitative estimate of drug-likeness (QED) is 0.772. The van der Waals surface area contributed by atoms with Crippen molar-refractivity contribution < 1.29 is 14.3 Å². The zero-order valence-corrected chi connectivity index (χ0v) is 12.8. The first-order chi connectivity index (χ1) is 10.2. The summed E-state index contributed by atoms with van der Waals surface area (Å²) in [6, 6.07) is 7.37. The van der Waals surface area contributed by atoms with Gasteiger partial charge in [-0.15, -0.1) is 0 Å². The highest BCUT2D eigenvalue weighted by Crippen LogP contribution is 2.20. The topological polar surface area (TPSA) is 50.8 Å². The molecule has 1 aromatic carbocycles. The Morgan fingerprint density at radius 2 is 2.29 bits per heavy atom. The number of carbonyl (C=O) groups is 1. The van der Waals surface area contributed by atoms with Gasteiger partial charge in [-0.25, -0.2) is 0 Å². The van der Waals surface area contributed by atoms with Gasteiger partial charge in [0.1, 0.15) is 12.4 Å². The number of hydrogen-bond donors (Lipinski definition) is 1. The second kappa shape index (κ2) is 8.00. The van der Waals surface area contributed by atoms with Crippen LogP contribution in [0.15, 0.2) is 24.3 Å². The zero-order chi connectivity index (χ0) is 15.1. The van der Waals surface area contributed by atoms with E-state index >= 15 is 0 Å². The molecule has 0 saturated carbocycles. The van der Waals surface area contributed by atoms with Gasteiger partial charge in [-0.3, -0.25) is 4.79 Å². The van der Waals surface area contributed by atoms with Gasteiger partial charge in [-0.2, -0.15) is 0 Å².